The highest BCUT2D eigenvalue weighted by Crippen LogP contribution is 2.16. The number of nitrogens with one attached hydrogen (secondary N) is 1. The molecule has 7 nitrogen and oxygen atoms in total. The van der Waals surface area contributed by atoms with Crippen LogP contribution in [0.3, 0.4) is 0 Å². The number of amides is 2. The van der Waals surface area contributed by atoms with Gasteiger partial charge in [-0.25, -0.2) is 4.98 Å². The first kappa shape index (κ1) is 19.2. The molecule has 2 rings (SSSR count). The van der Waals surface area contributed by atoms with Gasteiger partial charge in [0.15, 0.2) is 0 Å². The Bertz CT molecular complexity index is 560. The first-order valence-corrected chi connectivity index (χ1v) is 8.93. The molecule has 0 aromatic carbocycles. The van der Waals surface area contributed by atoms with Crippen LogP contribution in [0.1, 0.15) is 24.8 Å². The lowest BCUT2D eigenvalue weighted by Crippen LogP contribution is -2.40. The minimum atomic E-state index is -0.0276. The summed E-state index contributed by atoms with van der Waals surface area (Å²) >= 11 is 0. The van der Waals surface area contributed by atoms with Gasteiger partial charge in [0.2, 0.25) is 12.3 Å². The Labute approximate surface area is 149 Å². The van der Waals surface area contributed by atoms with Gasteiger partial charge in [-0.3, -0.25) is 9.59 Å². The van der Waals surface area contributed by atoms with E-state index in [-0.39, 0.29) is 12.5 Å². The fraction of sp³-hybridized carbons (Fsp3) is 0.611. The molecule has 7 heteroatoms. The normalized spacial score (nSPS) is 14.9. The number of aromatic nitrogens is 1. The van der Waals surface area contributed by atoms with Gasteiger partial charge < -0.3 is 20.9 Å². The zero-order chi connectivity index (χ0) is 18.1. The second-order valence-electron chi connectivity index (χ2n) is 6.67. The molecule has 0 bridgehead atoms. The number of nitrogens with two attached hydrogens (primary N) is 1. The van der Waals surface area contributed by atoms with Crippen molar-refractivity contribution in [3.05, 3.63) is 23.9 Å². The van der Waals surface area contributed by atoms with Crippen molar-refractivity contribution >= 4 is 18.1 Å². The summed E-state index contributed by atoms with van der Waals surface area (Å²) in [5.41, 5.74) is 6.70. The van der Waals surface area contributed by atoms with Crippen LogP contribution < -0.4 is 11.1 Å². The quantitative estimate of drug-likeness (QED) is 0.635. The number of pyridine rings is 1. The number of nitrogens with zero attached hydrogens (tertiary/aromatic N) is 3. The predicted molar refractivity (Wildman–Crippen MR) is 97.8 cm³/mol. The highest BCUT2D eigenvalue weighted by Gasteiger charge is 2.17. The summed E-state index contributed by atoms with van der Waals surface area (Å²) in [5.74, 6) is 1.13. The molecule has 2 amide bonds. The van der Waals surface area contributed by atoms with Gasteiger partial charge in [-0.05, 0) is 56.3 Å². The van der Waals surface area contributed by atoms with E-state index < -0.39 is 0 Å². The van der Waals surface area contributed by atoms with Crippen LogP contribution in [0.25, 0.3) is 0 Å². The maximum atomic E-state index is 12.3. The summed E-state index contributed by atoms with van der Waals surface area (Å²) in [6, 6.07) is 3.70. The van der Waals surface area contributed by atoms with Crippen molar-refractivity contribution < 1.29 is 9.59 Å². The third kappa shape index (κ3) is 6.34. The van der Waals surface area contributed by atoms with E-state index in [2.05, 4.69) is 10.3 Å². The largest absolute Gasteiger partial charge is 0.383 e. The van der Waals surface area contributed by atoms with Crippen LogP contribution in [0.4, 0.5) is 5.82 Å². The van der Waals surface area contributed by atoms with E-state index in [1.165, 1.54) is 17.7 Å². The van der Waals surface area contributed by atoms with E-state index in [0.29, 0.717) is 24.7 Å². The van der Waals surface area contributed by atoms with Crippen molar-refractivity contribution in [1.29, 1.82) is 0 Å². The molecule has 1 saturated heterocycles. The Balaban J connectivity index is 1.74. The highest BCUT2D eigenvalue weighted by molar-refractivity contribution is 5.79. The Morgan fingerprint density at radius 2 is 2.16 bits per heavy atom. The van der Waals surface area contributed by atoms with Crippen LogP contribution in [0.5, 0.6) is 0 Å². The second-order valence-corrected chi connectivity index (χ2v) is 6.67. The van der Waals surface area contributed by atoms with E-state index in [4.69, 9.17) is 5.73 Å². The van der Waals surface area contributed by atoms with Crippen molar-refractivity contribution in [2.24, 2.45) is 5.92 Å². The molecule has 1 aliphatic rings. The smallest absolute Gasteiger partial charge is 0.241 e. The van der Waals surface area contributed by atoms with Crippen molar-refractivity contribution in [2.45, 2.75) is 25.7 Å². The number of hydrogen-bond donors (Lipinski definition) is 2. The van der Waals surface area contributed by atoms with Gasteiger partial charge in [0.1, 0.15) is 5.82 Å². The molecule has 0 radical (unpaired) electrons. The molecule has 0 spiro atoms. The zero-order valence-corrected chi connectivity index (χ0v) is 15.0. The minimum absolute atomic E-state index is 0.0276. The average molecular weight is 347 g/mol. The molecule has 1 fully saturated rings. The summed E-state index contributed by atoms with van der Waals surface area (Å²) < 4.78 is 0. The molecule has 1 aromatic rings. The summed E-state index contributed by atoms with van der Waals surface area (Å²) in [6.07, 6.45) is 6.33. The van der Waals surface area contributed by atoms with Crippen molar-refractivity contribution in [2.75, 3.05) is 45.5 Å². The number of carbonyl (C=O) groups is 2. The molecule has 0 aliphatic carbocycles. The number of hydrogen-bond acceptors (Lipinski definition) is 5. The molecule has 0 saturated carbocycles. The minimum Gasteiger partial charge on any atom is -0.383 e. The van der Waals surface area contributed by atoms with E-state index in [0.717, 1.165) is 38.0 Å². The van der Waals surface area contributed by atoms with E-state index in [1.807, 2.05) is 19.2 Å². The van der Waals surface area contributed by atoms with Crippen LogP contribution in [-0.4, -0.2) is 66.9 Å². The molecule has 3 N–H and O–H groups in total. The number of anilines is 1. The predicted octanol–water partition coefficient (Wildman–Crippen LogP) is 0.513. The van der Waals surface area contributed by atoms with Gasteiger partial charge in [0, 0.05) is 26.3 Å². The third-order valence-corrected chi connectivity index (χ3v) is 4.84. The van der Waals surface area contributed by atoms with E-state index in [1.54, 1.807) is 11.1 Å². The van der Waals surface area contributed by atoms with Crippen LogP contribution in [0, 0.1) is 5.92 Å². The Hall–Kier alpha value is -2.15. The number of nitrogen functional groups attached to an aromatic ring is 1. The number of piperidine rings is 1. The highest BCUT2D eigenvalue weighted by atomic mass is 16.2. The van der Waals surface area contributed by atoms with Crippen LogP contribution in [0.15, 0.2) is 18.3 Å². The third-order valence-electron chi connectivity index (χ3n) is 4.84. The maximum absolute atomic E-state index is 12.3. The van der Waals surface area contributed by atoms with Crippen LogP contribution in [0.2, 0.25) is 0 Å². The number of likely N-dealkylation sites (N-methyl/N-ethyl adjacent to an activating group) is 1. The Morgan fingerprint density at radius 3 is 2.84 bits per heavy atom. The Morgan fingerprint density at radius 1 is 1.40 bits per heavy atom. The fourth-order valence-corrected chi connectivity index (χ4v) is 3.06. The lowest BCUT2D eigenvalue weighted by molar-refractivity contribution is -0.134. The molecule has 138 valence electrons. The van der Waals surface area contributed by atoms with E-state index in [9.17, 15) is 9.59 Å². The molecule has 1 aromatic heterocycles. The Kier molecular flexibility index (Phi) is 7.66. The molecule has 1 aliphatic heterocycles. The van der Waals surface area contributed by atoms with Gasteiger partial charge in [-0.2, -0.15) is 0 Å². The molecule has 2 heterocycles. The number of rotatable bonds is 9. The van der Waals surface area contributed by atoms with Gasteiger partial charge in [0.25, 0.3) is 0 Å². The van der Waals surface area contributed by atoms with Crippen molar-refractivity contribution in [3.8, 4) is 0 Å². The first-order valence-electron chi connectivity index (χ1n) is 8.93. The number of carbonyl (C=O) groups excluding carboxylic acids is 2. The maximum Gasteiger partial charge on any atom is 0.241 e. The molecule has 0 atom stereocenters. The van der Waals surface area contributed by atoms with Gasteiger partial charge in [-0.15, -0.1) is 0 Å². The first-order chi connectivity index (χ1) is 12.1. The monoisotopic (exact) mass is 347 g/mol. The van der Waals surface area contributed by atoms with Crippen LogP contribution >= 0.6 is 0 Å². The van der Waals surface area contributed by atoms with Crippen molar-refractivity contribution in [3.63, 3.8) is 0 Å². The van der Waals surface area contributed by atoms with Gasteiger partial charge in [-0.1, -0.05) is 6.07 Å². The fourth-order valence-electron chi connectivity index (χ4n) is 3.06. The topological polar surface area (TPSA) is 91.6 Å². The standard InChI is InChI=1S/C18H29N5O2/c1-22(11-6-15-4-9-20-10-5-15)17(25)13-23(14-24)12-7-16-3-2-8-21-18(16)19/h2-3,8,14-15,20H,4-7,9-13H2,1H3,(H2,19,21). The summed E-state index contributed by atoms with van der Waals surface area (Å²) in [7, 11) is 1.81. The van der Waals surface area contributed by atoms with Crippen LogP contribution in [-0.2, 0) is 16.0 Å². The molecule has 25 heavy (non-hydrogen) atoms. The van der Waals surface area contributed by atoms with Gasteiger partial charge in [0.05, 0.1) is 6.54 Å². The summed E-state index contributed by atoms with van der Waals surface area (Å²) in [4.78, 5) is 30.9. The van der Waals surface area contributed by atoms with E-state index >= 15 is 0 Å². The lowest BCUT2D eigenvalue weighted by atomic mass is 9.94. The lowest BCUT2D eigenvalue weighted by Gasteiger charge is -2.26. The average Bonchev–Trinajstić information content (AvgIpc) is 2.64. The SMILES string of the molecule is CN(CCC1CCNCC1)C(=O)CN(C=O)CCc1cccnc1N. The van der Waals surface area contributed by atoms with Gasteiger partial charge >= 0.3 is 0 Å². The molecule has 0 unspecified atom stereocenters. The second kappa shape index (κ2) is 9.98. The molecular formula is C18H29N5O2. The van der Waals surface area contributed by atoms with Crippen molar-refractivity contribution in [1.82, 2.24) is 20.1 Å². The zero-order valence-electron chi connectivity index (χ0n) is 15.0. The summed E-state index contributed by atoms with van der Waals surface area (Å²) in [6.45, 7) is 3.43. The summed E-state index contributed by atoms with van der Waals surface area (Å²) in [5, 5.41) is 3.35. The molecular weight excluding hydrogens is 318 g/mol.